The van der Waals surface area contributed by atoms with Crippen molar-refractivity contribution in [3.63, 3.8) is 0 Å². The van der Waals surface area contributed by atoms with Gasteiger partial charge in [0.2, 0.25) is 0 Å². The zero-order chi connectivity index (χ0) is 14.0. The predicted molar refractivity (Wildman–Crippen MR) is 78.6 cm³/mol. The van der Waals surface area contributed by atoms with Crippen LogP contribution in [0, 0.1) is 0 Å². The van der Waals surface area contributed by atoms with E-state index in [-0.39, 0.29) is 5.54 Å². The summed E-state index contributed by atoms with van der Waals surface area (Å²) < 4.78 is 5.46. The van der Waals surface area contributed by atoms with E-state index < -0.39 is 0 Å². The second-order valence-electron chi connectivity index (χ2n) is 5.36. The van der Waals surface area contributed by atoms with Gasteiger partial charge >= 0.3 is 0 Å². The Kier molecular flexibility index (Phi) is 4.19. The fourth-order valence-electron chi connectivity index (χ4n) is 1.64. The van der Waals surface area contributed by atoms with Crippen LogP contribution < -0.4 is 5.32 Å². The van der Waals surface area contributed by atoms with Gasteiger partial charge in [0.15, 0.2) is 12.2 Å². The number of aromatic nitrogens is 1. The second kappa shape index (κ2) is 5.53. The van der Waals surface area contributed by atoms with Crippen LogP contribution in [0.2, 0.25) is 10.0 Å². The van der Waals surface area contributed by atoms with Crippen molar-refractivity contribution in [2.75, 3.05) is 0 Å². The minimum Gasteiger partial charge on any atom is -0.443 e. The molecule has 0 unspecified atom stereocenters. The van der Waals surface area contributed by atoms with Crippen LogP contribution >= 0.6 is 23.2 Å². The Balaban J connectivity index is 2.28. The molecule has 0 fully saturated rings. The van der Waals surface area contributed by atoms with Gasteiger partial charge in [-0.3, -0.25) is 0 Å². The molecule has 5 heteroatoms. The number of hydrogen-bond acceptors (Lipinski definition) is 3. The van der Waals surface area contributed by atoms with Crippen LogP contribution in [0.5, 0.6) is 0 Å². The lowest BCUT2D eigenvalue weighted by molar-refractivity contribution is 0.421. The highest BCUT2D eigenvalue weighted by molar-refractivity contribution is 6.36. The maximum Gasteiger partial charge on any atom is 0.181 e. The number of oxazole rings is 1. The van der Waals surface area contributed by atoms with Gasteiger partial charge in [-0.1, -0.05) is 23.2 Å². The Morgan fingerprint density at radius 2 is 2.00 bits per heavy atom. The van der Waals surface area contributed by atoms with Gasteiger partial charge in [0, 0.05) is 22.7 Å². The molecule has 0 radical (unpaired) electrons. The van der Waals surface area contributed by atoms with Crippen molar-refractivity contribution in [3.05, 3.63) is 40.3 Å². The third-order valence-corrected chi connectivity index (χ3v) is 3.15. The quantitative estimate of drug-likeness (QED) is 0.904. The van der Waals surface area contributed by atoms with Gasteiger partial charge in [-0.05, 0) is 39.0 Å². The summed E-state index contributed by atoms with van der Waals surface area (Å²) in [5.74, 6) is 0.679. The Hall–Kier alpha value is -1.03. The van der Waals surface area contributed by atoms with E-state index in [1.165, 1.54) is 6.39 Å². The van der Waals surface area contributed by atoms with E-state index in [1.807, 2.05) is 6.07 Å². The molecule has 19 heavy (non-hydrogen) atoms. The molecule has 0 aliphatic rings. The first kappa shape index (κ1) is 14.4. The van der Waals surface area contributed by atoms with Gasteiger partial charge < -0.3 is 9.73 Å². The predicted octanol–water partition coefficient (Wildman–Crippen LogP) is 4.54. The third-order valence-electron chi connectivity index (χ3n) is 2.60. The average Bonchev–Trinajstić information content (AvgIpc) is 2.73. The zero-order valence-electron chi connectivity index (χ0n) is 11.1. The number of benzene rings is 1. The van der Waals surface area contributed by atoms with Crippen LogP contribution in [-0.4, -0.2) is 10.5 Å². The van der Waals surface area contributed by atoms with Crippen molar-refractivity contribution in [1.82, 2.24) is 10.3 Å². The normalized spacial score (nSPS) is 11.8. The fraction of sp³-hybridized carbons (Fsp3) is 0.357. The first-order valence-corrected chi connectivity index (χ1v) is 6.75. The molecule has 0 atom stereocenters. The van der Waals surface area contributed by atoms with Crippen molar-refractivity contribution in [2.45, 2.75) is 32.9 Å². The highest BCUT2D eigenvalue weighted by Crippen LogP contribution is 2.32. The van der Waals surface area contributed by atoms with Crippen LogP contribution in [0.4, 0.5) is 0 Å². The summed E-state index contributed by atoms with van der Waals surface area (Å²) in [6.07, 6.45) is 1.43. The molecule has 0 amide bonds. The summed E-state index contributed by atoms with van der Waals surface area (Å²) in [4.78, 5) is 4.24. The topological polar surface area (TPSA) is 38.1 Å². The smallest absolute Gasteiger partial charge is 0.181 e. The number of halogens is 2. The molecule has 2 rings (SSSR count). The van der Waals surface area contributed by atoms with Crippen molar-refractivity contribution < 1.29 is 4.42 Å². The van der Waals surface area contributed by atoms with Crippen molar-refractivity contribution in [3.8, 4) is 11.3 Å². The summed E-state index contributed by atoms with van der Waals surface area (Å²) in [5, 5.41) is 4.53. The van der Waals surface area contributed by atoms with Gasteiger partial charge in [-0.2, -0.15) is 0 Å². The molecule has 0 aliphatic heterocycles. The van der Waals surface area contributed by atoms with Gasteiger partial charge in [0.05, 0.1) is 5.02 Å². The summed E-state index contributed by atoms with van der Waals surface area (Å²) in [6.45, 7) is 6.92. The summed E-state index contributed by atoms with van der Waals surface area (Å²) in [7, 11) is 0. The minimum absolute atomic E-state index is 0.0139. The number of nitrogens with zero attached hydrogens (tertiary/aromatic N) is 1. The standard InChI is InChI=1S/C14H16Cl2N2O/c1-14(2,3)18-7-12-13(19-8-17-12)10-5-4-9(15)6-11(10)16/h4-6,8,18H,7H2,1-3H3. The molecule has 0 spiro atoms. The minimum atomic E-state index is 0.0139. The van der Waals surface area contributed by atoms with Gasteiger partial charge in [0.1, 0.15) is 5.69 Å². The van der Waals surface area contributed by atoms with Crippen molar-refractivity contribution in [2.24, 2.45) is 0 Å². The van der Waals surface area contributed by atoms with Crippen LogP contribution in [-0.2, 0) is 6.54 Å². The van der Waals surface area contributed by atoms with E-state index in [0.29, 0.717) is 22.4 Å². The second-order valence-corrected chi connectivity index (χ2v) is 6.20. The monoisotopic (exact) mass is 298 g/mol. The van der Waals surface area contributed by atoms with Crippen LogP contribution in [0.15, 0.2) is 29.0 Å². The first-order chi connectivity index (χ1) is 8.87. The van der Waals surface area contributed by atoms with E-state index in [0.717, 1.165) is 11.3 Å². The van der Waals surface area contributed by atoms with Gasteiger partial charge in [-0.25, -0.2) is 4.98 Å². The van der Waals surface area contributed by atoms with Crippen LogP contribution in [0.3, 0.4) is 0 Å². The molecule has 3 nitrogen and oxygen atoms in total. The lowest BCUT2D eigenvalue weighted by atomic mass is 10.1. The molecule has 1 aromatic heterocycles. The molecule has 102 valence electrons. The molecular formula is C14H16Cl2N2O. The Morgan fingerprint density at radius 1 is 1.26 bits per heavy atom. The molecule has 2 aromatic rings. The maximum atomic E-state index is 6.19. The molecule has 0 saturated carbocycles. The molecular weight excluding hydrogens is 283 g/mol. The molecule has 1 heterocycles. The van der Waals surface area contributed by atoms with Gasteiger partial charge in [-0.15, -0.1) is 0 Å². The zero-order valence-corrected chi connectivity index (χ0v) is 12.6. The van der Waals surface area contributed by atoms with E-state index in [2.05, 4.69) is 31.1 Å². The largest absolute Gasteiger partial charge is 0.443 e. The molecule has 1 aromatic carbocycles. The Morgan fingerprint density at radius 3 is 2.63 bits per heavy atom. The fourth-order valence-corrected chi connectivity index (χ4v) is 2.13. The number of rotatable bonds is 3. The SMILES string of the molecule is CC(C)(C)NCc1ncoc1-c1ccc(Cl)cc1Cl. The third kappa shape index (κ3) is 3.72. The molecule has 0 bridgehead atoms. The van der Waals surface area contributed by atoms with E-state index >= 15 is 0 Å². The number of nitrogens with one attached hydrogen (secondary N) is 1. The summed E-state index contributed by atoms with van der Waals surface area (Å²) in [5.41, 5.74) is 1.65. The van der Waals surface area contributed by atoms with Crippen molar-refractivity contribution in [1.29, 1.82) is 0 Å². The summed E-state index contributed by atoms with van der Waals surface area (Å²) >= 11 is 12.1. The molecule has 0 aliphatic carbocycles. The molecule has 0 saturated heterocycles. The average molecular weight is 299 g/mol. The molecule has 1 N–H and O–H groups in total. The Bertz CT molecular complexity index is 573. The van der Waals surface area contributed by atoms with Gasteiger partial charge in [0.25, 0.3) is 0 Å². The maximum absolute atomic E-state index is 6.19. The lowest BCUT2D eigenvalue weighted by Gasteiger charge is -2.19. The highest BCUT2D eigenvalue weighted by atomic mass is 35.5. The number of hydrogen-bond donors (Lipinski definition) is 1. The van der Waals surface area contributed by atoms with E-state index in [4.69, 9.17) is 27.6 Å². The lowest BCUT2D eigenvalue weighted by Crippen LogP contribution is -2.35. The highest BCUT2D eigenvalue weighted by Gasteiger charge is 2.16. The Labute approximate surface area is 122 Å². The van der Waals surface area contributed by atoms with Crippen LogP contribution in [0.25, 0.3) is 11.3 Å². The first-order valence-electron chi connectivity index (χ1n) is 5.99. The van der Waals surface area contributed by atoms with E-state index in [1.54, 1.807) is 12.1 Å². The van der Waals surface area contributed by atoms with E-state index in [9.17, 15) is 0 Å². The van der Waals surface area contributed by atoms with Crippen LogP contribution in [0.1, 0.15) is 26.5 Å². The summed E-state index contributed by atoms with van der Waals surface area (Å²) in [6, 6.07) is 5.32. The van der Waals surface area contributed by atoms with Crippen molar-refractivity contribution >= 4 is 23.2 Å².